The lowest BCUT2D eigenvalue weighted by atomic mass is 9.83. The predicted octanol–water partition coefficient (Wildman–Crippen LogP) is 2.25. The molecule has 1 saturated heterocycles. The van der Waals surface area contributed by atoms with E-state index in [-0.39, 0.29) is 0 Å². The van der Waals surface area contributed by atoms with Gasteiger partial charge in [0, 0.05) is 24.2 Å². The number of piperidine rings is 1. The van der Waals surface area contributed by atoms with Crippen LogP contribution in [0.25, 0.3) is 0 Å². The third kappa shape index (κ3) is 2.48. The van der Waals surface area contributed by atoms with Crippen LogP contribution in [0.4, 0.5) is 0 Å². The average molecular weight is 198 g/mol. The Bertz CT molecular complexity index is 167. The Morgan fingerprint density at radius 1 is 1.21 bits per heavy atom. The van der Waals surface area contributed by atoms with Crippen molar-refractivity contribution in [3.63, 3.8) is 0 Å². The molecular formula is C12H26N2. The molecule has 0 radical (unpaired) electrons. The van der Waals surface area contributed by atoms with E-state index in [0.29, 0.717) is 11.1 Å². The second-order valence-electron chi connectivity index (χ2n) is 5.54. The summed E-state index contributed by atoms with van der Waals surface area (Å²) in [7, 11) is 2.11. The van der Waals surface area contributed by atoms with Crippen molar-refractivity contribution < 1.29 is 0 Å². The third-order valence-corrected chi connectivity index (χ3v) is 3.88. The van der Waals surface area contributed by atoms with Crippen molar-refractivity contribution in [2.75, 3.05) is 20.1 Å². The molecule has 0 aromatic rings. The molecule has 1 N–H and O–H groups in total. The van der Waals surface area contributed by atoms with Crippen molar-refractivity contribution in [3.8, 4) is 0 Å². The molecule has 14 heavy (non-hydrogen) atoms. The highest BCUT2D eigenvalue weighted by molar-refractivity contribution is 4.93. The van der Waals surface area contributed by atoms with Crippen molar-refractivity contribution in [3.05, 3.63) is 0 Å². The van der Waals surface area contributed by atoms with Gasteiger partial charge in [-0.15, -0.1) is 0 Å². The Kier molecular flexibility index (Phi) is 3.59. The molecule has 2 heteroatoms. The molecule has 0 spiro atoms. The second-order valence-corrected chi connectivity index (χ2v) is 5.54. The zero-order chi connectivity index (χ0) is 10.8. The molecule has 0 aliphatic carbocycles. The maximum atomic E-state index is 3.51. The summed E-state index contributed by atoms with van der Waals surface area (Å²) >= 11 is 0. The van der Waals surface area contributed by atoms with Gasteiger partial charge >= 0.3 is 0 Å². The molecule has 84 valence electrons. The molecule has 0 bridgehead atoms. The first-order valence-corrected chi connectivity index (χ1v) is 5.87. The summed E-state index contributed by atoms with van der Waals surface area (Å²) in [6, 6.07) is 0. The zero-order valence-electron chi connectivity index (χ0n) is 10.5. The van der Waals surface area contributed by atoms with E-state index < -0.39 is 0 Å². The van der Waals surface area contributed by atoms with Crippen LogP contribution in [0.2, 0.25) is 0 Å². The van der Waals surface area contributed by atoms with E-state index in [1.807, 2.05) is 0 Å². The van der Waals surface area contributed by atoms with Gasteiger partial charge in [0.25, 0.3) is 0 Å². The van der Waals surface area contributed by atoms with E-state index in [9.17, 15) is 0 Å². The number of hydrogen-bond donors (Lipinski definition) is 1. The van der Waals surface area contributed by atoms with Crippen molar-refractivity contribution in [2.24, 2.45) is 0 Å². The Balaban J connectivity index is 2.53. The molecule has 0 aromatic heterocycles. The predicted molar refractivity (Wildman–Crippen MR) is 62.6 cm³/mol. The van der Waals surface area contributed by atoms with E-state index in [0.717, 1.165) is 0 Å². The van der Waals surface area contributed by atoms with Gasteiger partial charge in [0.1, 0.15) is 0 Å². The highest BCUT2D eigenvalue weighted by atomic mass is 15.2. The Labute approximate surface area is 89.1 Å². The fraction of sp³-hybridized carbons (Fsp3) is 1.00. The molecule has 1 heterocycles. The summed E-state index contributed by atoms with van der Waals surface area (Å²) in [4.78, 5) is 2.60. The van der Waals surface area contributed by atoms with Crippen LogP contribution in [0, 0.1) is 0 Å². The van der Waals surface area contributed by atoms with Crippen LogP contribution in [-0.4, -0.2) is 36.1 Å². The summed E-state index contributed by atoms with van der Waals surface area (Å²) in [6.07, 6.45) is 3.83. The van der Waals surface area contributed by atoms with Gasteiger partial charge in [0.05, 0.1) is 0 Å². The fourth-order valence-corrected chi connectivity index (χ4v) is 2.39. The van der Waals surface area contributed by atoms with Crippen LogP contribution in [0.15, 0.2) is 0 Å². The molecule has 1 aliphatic rings. The van der Waals surface area contributed by atoms with Gasteiger partial charge in [-0.2, -0.15) is 0 Å². The lowest BCUT2D eigenvalue weighted by Gasteiger charge is -2.46. The van der Waals surface area contributed by atoms with Crippen LogP contribution in [0.5, 0.6) is 0 Å². The highest BCUT2D eigenvalue weighted by Gasteiger charge is 2.34. The molecule has 0 atom stereocenters. The number of likely N-dealkylation sites (tertiary alicyclic amines) is 1. The van der Waals surface area contributed by atoms with Crippen LogP contribution in [0.1, 0.15) is 47.0 Å². The maximum absolute atomic E-state index is 3.51. The fourth-order valence-electron chi connectivity index (χ4n) is 2.39. The Hall–Kier alpha value is -0.0800. The first-order valence-electron chi connectivity index (χ1n) is 5.87. The van der Waals surface area contributed by atoms with E-state index >= 15 is 0 Å². The van der Waals surface area contributed by atoms with Gasteiger partial charge in [-0.3, -0.25) is 4.90 Å². The van der Waals surface area contributed by atoms with Gasteiger partial charge in [0.2, 0.25) is 0 Å². The Morgan fingerprint density at radius 2 is 1.71 bits per heavy atom. The largest absolute Gasteiger partial charge is 0.314 e. The standard InChI is InChI=1S/C12H26N2/c1-6-12(13-5)7-9-14(10-8-12)11(2,3)4/h13H,6-10H2,1-5H3. The lowest BCUT2D eigenvalue weighted by molar-refractivity contribution is 0.0644. The molecule has 1 rings (SSSR count). The van der Waals surface area contributed by atoms with E-state index in [1.54, 1.807) is 0 Å². The van der Waals surface area contributed by atoms with Crippen LogP contribution in [0.3, 0.4) is 0 Å². The molecule has 0 aromatic carbocycles. The van der Waals surface area contributed by atoms with Crippen molar-refractivity contribution >= 4 is 0 Å². The average Bonchev–Trinajstić information content (AvgIpc) is 2.16. The second kappa shape index (κ2) is 4.19. The minimum atomic E-state index is 0.341. The Morgan fingerprint density at radius 3 is 2.00 bits per heavy atom. The number of hydrogen-bond acceptors (Lipinski definition) is 2. The molecule has 2 nitrogen and oxygen atoms in total. The number of nitrogens with zero attached hydrogens (tertiary/aromatic N) is 1. The van der Waals surface area contributed by atoms with Gasteiger partial charge in [0.15, 0.2) is 0 Å². The van der Waals surface area contributed by atoms with Crippen molar-refractivity contribution in [2.45, 2.75) is 58.0 Å². The first kappa shape index (κ1) is 12.0. The summed E-state index contributed by atoms with van der Waals surface area (Å²) in [5, 5.41) is 3.51. The number of rotatable bonds is 2. The van der Waals surface area contributed by atoms with Crippen LogP contribution in [-0.2, 0) is 0 Å². The molecule has 0 saturated carbocycles. The van der Waals surface area contributed by atoms with E-state index in [4.69, 9.17) is 0 Å². The zero-order valence-corrected chi connectivity index (χ0v) is 10.5. The highest BCUT2D eigenvalue weighted by Crippen LogP contribution is 2.28. The molecule has 0 unspecified atom stereocenters. The molecular weight excluding hydrogens is 172 g/mol. The monoisotopic (exact) mass is 198 g/mol. The molecule has 1 fully saturated rings. The SMILES string of the molecule is CCC1(NC)CCN(C(C)(C)C)CC1. The van der Waals surface area contributed by atoms with Crippen LogP contribution < -0.4 is 5.32 Å². The molecule has 1 aliphatic heterocycles. The summed E-state index contributed by atoms with van der Waals surface area (Å²) in [6.45, 7) is 11.7. The van der Waals surface area contributed by atoms with E-state index in [2.05, 4.69) is 45.0 Å². The van der Waals surface area contributed by atoms with Crippen molar-refractivity contribution in [1.82, 2.24) is 10.2 Å². The minimum Gasteiger partial charge on any atom is -0.314 e. The summed E-state index contributed by atoms with van der Waals surface area (Å²) in [5.41, 5.74) is 0.759. The van der Waals surface area contributed by atoms with Crippen LogP contribution >= 0.6 is 0 Å². The van der Waals surface area contributed by atoms with Crippen molar-refractivity contribution in [1.29, 1.82) is 0 Å². The third-order valence-electron chi connectivity index (χ3n) is 3.88. The minimum absolute atomic E-state index is 0.341. The quantitative estimate of drug-likeness (QED) is 0.732. The normalized spacial score (nSPS) is 23.8. The van der Waals surface area contributed by atoms with Gasteiger partial charge in [-0.1, -0.05) is 6.92 Å². The van der Waals surface area contributed by atoms with Gasteiger partial charge in [-0.25, -0.2) is 0 Å². The topological polar surface area (TPSA) is 15.3 Å². The van der Waals surface area contributed by atoms with Gasteiger partial charge < -0.3 is 5.32 Å². The maximum Gasteiger partial charge on any atom is 0.0200 e. The summed E-state index contributed by atoms with van der Waals surface area (Å²) in [5.74, 6) is 0. The lowest BCUT2D eigenvalue weighted by Crippen LogP contribution is -2.55. The smallest absolute Gasteiger partial charge is 0.0200 e. The van der Waals surface area contributed by atoms with Gasteiger partial charge in [-0.05, 0) is 47.1 Å². The molecule has 0 amide bonds. The summed E-state index contributed by atoms with van der Waals surface area (Å²) < 4.78 is 0. The van der Waals surface area contributed by atoms with E-state index in [1.165, 1.54) is 32.4 Å². The number of nitrogens with one attached hydrogen (secondary N) is 1. The first-order chi connectivity index (χ1) is 6.43.